The smallest absolute Gasteiger partial charge is 0.270 e. The van der Waals surface area contributed by atoms with Crippen molar-refractivity contribution in [3.05, 3.63) is 118 Å². The molecule has 0 aliphatic rings. The molecule has 3 aromatic carbocycles. The fourth-order valence-corrected chi connectivity index (χ4v) is 3.46. The average Bonchev–Trinajstić information content (AvgIpc) is 2.77. The first kappa shape index (κ1) is 18.7. The molecule has 1 aromatic heterocycles. The van der Waals surface area contributed by atoms with Gasteiger partial charge in [-0.25, -0.2) is 0 Å². The second kappa shape index (κ2) is 8.57. The molecule has 4 rings (SSSR count). The monoisotopic (exact) mass is 382 g/mol. The summed E-state index contributed by atoms with van der Waals surface area (Å²) in [5, 5.41) is 1.35. The van der Waals surface area contributed by atoms with Gasteiger partial charge in [-0.3, -0.25) is 9.59 Å². The molecule has 29 heavy (non-hydrogen) atoms. The minimum Gasteiger partial charge on any atom is -0.333 e. The number of amides is 1. The van der Waals surface area contributed by atoms with Gasteiger partial charge in [0, 0.05) is 18.5 Å². The van der Waals surface area contributed by atoms with Crippen molar-refractivity contribution in [3.63, 3.8) is 0 Å². The molecule has 4 heteroatoms. The zero-order chi connectivity index (χ0) is 20.1. The van der Waals surface area contributed by atoms with Crippen molar-refractivity contribution >= 4 is 16.7 Å². The summed E-state index contributed by atoms with van der Waals surface area (Å²) in [4.78, 5) is 30.3. The maximum absolute atomic E-state index is 13.3. The Morgan fingerprint density at radius 1 is 0.793 bits per heavy atom. The molecule has 1 N–H and O–H groups in total. The molecular formula is C25H22N2O2. The number of hydrogen-bond donors (Lipinski definition) is 1. The van der Waals surface area contributed by atoms with Gasteiger partial charge < -0.3 is 9.88 Å². The molecule has 0 saturated carbocycles. The second-order valence-corrected chi connectivity index (χ2v) is 7.05. The molecule has 0 atom stereocenters. The van der Waals surface area contributed by atoms with E-state index >= 15 is 0 Å². The van der Waals surface area contributed by atoms with Crippen LogP contribution in [0.1, 0.15) is 21.6 Å². The van der Waals surface area contributed by atoms with Crippen LogP contribution in [0.25, 0.3) is 10.8 Å². The molecule has 4 nitrogen and oxygen atoms in total. The topological polar surface area (TPSA) is 53.2 Å². The molecule has 0 bridgehead atoms. The van der Waals surface area contributed by atoms with Crippen molar-refractivity contribution in [3.8, 4) is 0 Å². The van der Waals surface area contributed by atoms with E-state index in [0.29, 0.717) is 24.2 Å². The summed E-state index contributed by atoms with van der Waals surface area (Å²) in [6, 6.07) is 29.1. The molecule has 0 radical (unpaired) electrons. The first-order valence-electron chi connectivity index (χ1n) is 9.70. The van der Waals surface area contributed by atoms with Gasteiger partial charge in [-0.05, 0) is 35.1 Å². The van der Waals surface area contributed by atoms with Gasteiger partial charge in [-0.2, -0.15) is 0 Å². The number of nitrogens with zero attached hydrogens (tertiary/aromatic N) is 1. The molecule has 0 aliphatic carbocycles. The number of fused-ring (bicyclic) bond motifs is 1. The summed E-state index contributed by atoms with van der Waals surface area (Å²) in [5.74, 6) is -0.173. The third kappa shape index (κ3) is 4.43. The lowest BCUT2D eigenvalue weighted by molar-refractivity contribution is 0.0739. The van der Waals surface area contributed by atoms with Crippen molar-refractivity contribution in [2.45, 2.75) is 13.0 Å². The number of rotatable bonds is 6. The van der Waals surface area contributed by atoms with E-state index < -0.39 is 0 Å². The fraction of sp³-hybridized carbons (Fsp3) is 0.120. The third-order valence-electron chi connectivity index (χ3n) is 5.00. The van der Waals surface area contributed by atoms with Crippen LogP contribution >= 0.6 is 0 Å². The summed E-state index contributed by atoms with van der Waals surface area (Å²) in [5.41, 5.74) is 2.30. The minimum absolute atomic E-state index is 0.173. The van der Waals surface area contributed by atoms with Gasteiger partial charge in [0.25, 0.3) is 11.5 Å². The Bertz CT molecular complexity index is 1170. The van der Waals surface area contributed by atoms with Crippen LogP contribution in [0.5, 0.6) is 0 Å². The number of pyridine rings is 1. The number of aromatic nitrogens is 1. The molecule has 1 heterocycles. The predicted octanol–water partition coefficient (Wildman–Crippen LogP) is 4.41. The average molecular weight is 382 g/mol. The lowest BCUT2D eigenvalue weighted by Gasteiger charge is -2.23. The summed E-state index contributed by atoms with van der Waals surface area (Å²) in [6.45, 7) is 1.05. The number of aromatic amines is 1. The SMILES string of the molecule is O=C(c1cc2ccccc2c(=O)[nH]1)N(CCc1ccccc1)Cc1ccccc1. The maximum atomic E-state index is 13.3. The second-order valence-electron chi connectivity index (χ2n) is 7.05. The van der Waals surface area contributed by atoms with E-state index in [1.165, 1.54) is 5.56 Å². The van der Waals surface area contributed by atoms with Crippen LogP contribution in [0.2, 0.25) is 0 Å². The van der Waals surface area contributed by atoms with Crippen LogP contribution in [-0.4, -0.2) is 22.3 Å². The lowest BCUT2D eigenvalue weighted by atomic mass is 10.1. The van der Waals surface area contributed by atoms with Crippen LogP contribution < -0.4 is 5.56 Å². The molecule has 144 valence electrons. The Labute approximate surface area is 169 Å². The Hall–Kier alpha value is -3.66. The van der Waals surface area contributed by atoms with Gasteiger partial charge in [0.15, 0.2) is 0 Å². The van der Waals surface area contributed by atoms with Crippen molar-refractivity contribution < 1.29 is 4.79 Å². The van der Waals surface area contributed by atoms with Crippen LogP contribution in [0.4, 0.5) is 0 Å². The number of nitrogens with one attached hydrogen (secondary N) is 1. The van der Waals surface area contributed by atoms with Crippen molar-refractivity contribution in [2.75, 3.05) is 6.54 Å². The maximum Gasteiger partial charge on any atom is 0.270 e. The minimum atomic E-state index is -0.242. The number of carbonyl (C=O) groups is 1. The highest BCUT2D eigenvalue weighted by Gasteiger charge is 2.18. The fourth-order valence-electron chi connectivity index (χ4n) is 3.46. The van der Waals surface area contributed by atoms with Crippen LogP contribution in [0.3, 0.4) is 0 Å². The first-order valence-corrected chi connectivity index (χ1v) is 9.70. The predicted molar refractivity (Wildman–Crippen MR) is 116 cm³/mol. The Morgan fingerprint density at radius 2 is 1.41 bits per heavy atom. The van der Waals surface area contributed by atoms with Crippen LogP contribution in [-0.2, 0) is 13.0 Å². The molecule has 0 fully saturated rings. The van der Waals surface area contributed by atoms with E-state index in [9.17, 15) is 9.59 Å². The highest BCUT2D eigenvalue weighted by molar-refractivity contribution is 5.96. The van der Waals surface area contributed by atoms with Crippen molar-refractivity contribution in [2.24, 2.45) is 0 Å². The first-order chi connectivity index (χ1) is 14.2. The van der Waals surface area contributed by atoms with E-state index in [1.807, 2.05) is 66.7 Å². The third-order valence-corrected chi connectivity index (χ3v) is 5.00. The van der Waals surface area contributed by atoms with E-state index in [1.54, 1.807) is 17.0 Å². The zero-order valence-electron chi connectivity index (χ0n) is 16.0. The number of carbonyl (C=O) groups excluding carboxylic acids is 1. The van der Waals surface area contributed by atoms with E-state index in [2.05, 4.69) is 17.1 Å². The lowest BCUT2D eigenvalue weighted by Crippen LogP contribution is -2.34. The van der Waals surface area contributed by atoms with Crippen molar-refractivity contribution in [1.29, 1.82) is 0 Å². The molecule has 0 unspecified atom stereocenters. The molecule has 0 aliphatic heterocycles. The quantitative estimate of drug-likeness (QED) is 0.537. The van der Waals surface area contributed by atoms with Crippen LogP contribution in [0, 0.1) is 0 Å². The Morgan fingerprint density at radius 3 is 2.14 bits per heavy atom. The van der Waals surface area contributed by atoms with Gasteiger partial charge in [0.05, 0.1) is 0 Å². The highest BCUT2D eigenvalue weighted by Crippen LogP contribution is 2.14. The van der Waals surface area contributed by atoms with E-state index in [4.69, 9.17) is 0 Å². The van der Waals surface area contributed by atoms with Gasteiger partial charge in [0.1, 0.15) is 5.69 Å². The van der Waals surface area contributed by atoms with Gasteiger partial charge in [0.2, 0.25) is 0 Å². The Balaban J connectivity index is 1.64. The highest BCUT2D eigenvalue weighted by atomic mass is 16.2. The van der Waals surface area contributed by atoms with Gasteiger partial charge in [-0.15, -0.1) is 0 Å². The largest absolute Gasteiger partial charge is 0.333 e. The summed E-state index contributed by atoms with van der Waals surface area (Å²) >= 11 is 0. The Kier molecular flexibility index (Phi) is 5.52. The molecule has 0 spiro atoms. The summed E-state index contributed by atoms with van der Waals surface area (Å²) in [6.07, 6.45) is 0.747. The molecule has 1 amide bonds. The summed E-state index contributed by atoms with van der Waals surface area (Å²) < 4.78 is 0. The van der Waals surface area contributed by atoms with Gasteiger partial charge in [-0.1, -0.05) is 78.9 Å². The molecular weight excluding hydrogens is 360 g/mol. The van der Waals surface area contributed by atoms with Crippen molar-refractivity contribution in [1.82, 2.24) is 9.88 Å². The molecule has 4 aromatic rings. The van der Waals surface area contributed by atoms with Crippen LogP contribution in [0.15, 0.2) is 95.8 Å². The summed E-state index contributed by atoms with van der Waals surface area (Å²) in [7, 11) is 0. The van der Waals surface area contributed by atoms with E-state index in [0.717, 1.165) is 17.4 Å². The normalized spacial score (nSPS) is 10.8. The number of H-pyrrole nitrogens is 1. The standard InChI is InChI=1S/C25H22N2O2/c28-24-22-14-8-7-13-21(22)17-23(26-24)25(29)27(18-20-11-5-2-6-12-20)16-15-19-9-3-1-4-10-19/h1-14,17H,15-16,18H2,(H,26,28). The number of benzene rings is 3. The zero-order valence-corrected chi connectivity index (χ0v) is 16.0. The number of hydrogen-bond acceptors (Lipinski definition) is 2. The van der Waals surface area contributed by atoms with Gasteiger partial charge >= 0.3 is 0 Å². The van der Waals surface area contributed by atoms with E-state index in [-0.39, 0.29) is 11.5 Å². The molecule has 0 saturated heterocycles.